The topological polar surface area (TPSA) is 50.8 Å². The molecular formula is C14H28N2O3. The molecule has 0 aromatic carbocycles. The predicted molar refractivity (Wildman–Crippen MR) is 75.2 cm³/mol. The van der Waals surface area contributed by atoms with Gasteiger partial charge in [-0.15, -0.1) is 0 Å². The molecule has 0 aliphatic carbocycles. The van der Waals surface area contributed by atoms with E-state index >= 15 is 0 Å². The molecule has 1 fully saturated rings. The summed E-state index contributed by atoms with van der Waals surface area (Å²) in [6.07, 6.45) is 2.13. The lowest BCUT2D eigenvalue weighted by atomic mass is 10.1. The highest BCUT2D eigenvalue weighted by molar-refractivity contribution is 5.75. The number of ether oxygens (including phenoxy) is 2. The monoisotopic (exact) mass is 272 g/mol. The molecule has 3 unspecified atom stereocenters. The molecule has 0 amide bonds. The molecule has 0 saturated carbocycles. The highest BCUT2D eigenvalue weighted by Gasteiger charge is 2.28. The molecule has 1 N–H and O–H groups in total. The molecule has 0 aromatic rings. The van der Waals surface area contributed by atoms with Crippen LogP contribution in [0.3, 0.4) is 0 Å². The zero-order chi connectivity index (χ0) is 14.3. The van der Waals surface area contributed by atoms with Crippen LogP contribution >= 0.6 is 0 Å². The Labute approximate surface area is 116 Å². The number of hydrogen-bond donors (Lipinski definition) is 1. The molecule has 1 rings (SSSR count). The van der Waals surface area contributed by atoms with Crippen molar-refractivity contribution in [3.63, 3.8) is 0 Å². The van der Waals surface area contributed by atoms with Crippen LogP contribution in [0, 0.1) is 0 Å². The van der Waals surface area contributed by atoms with E-state index in [1.54, 1.807) is 0 Å². The molecular weight excluding hydrogens is 244 g/mol. The van der Waals surface area contributed by atoms with E-state index in [2.05, 4.69) is 24.2 Å². The maximum Gasteiger partial charge on any atom is 0.323 e. The Bertz CT molecular complexity index is 273. The Morgan fingerprint density at radius 2 is 2.26 bits per heavy atom. The van der Waals surface area contributed by atoms with Gasteiger partial charge in [-0.2, -0.15) is 0 Å². The minimum Gasteiger partial charge on any atom is -0.465 e. The summed E-state index contributed by atoms with van der Waals surface area (Å²) in [6.45, 7) is 8.87. The number of rotatable bonds is 8. The fourth-order valence-corrected chi connectivity index (χ4v) is 2.59. The van der Waals surface area contributed by atoms with Crippen molar-refractivity contribution in [2.24, 2.45) is 0 Å². The van der Waals surface area contributed by atoms with Crippen molar-refractivity contribution >= 4 is 5.97 Å². The number of nitrogens with one attached hydrogen (secondary N) is 1. The van der Waals surface area contributed by atoms with Crippen LogP contribution in [-0.2, 0) is 14.3 Å². The molecule has 5 heteroatoms. The van der Waals surface area contributed by atoms with E-state index in [0.29, 0.717) is 12.6 Å². The number of likely N-dealkylation sites (N-methyl/N-ethyl adjacent to an activating group) is 2. The summed E-state index contributed by atoms with van der Waals surface area (Å²) < 4.78 is 10.7. The van der Waals surface area contributed by atoms with Crippen LogP contribution in [0.4, 0.5) is 0 Å². The van der Waals surface area contributed by atoms with Crippen molar-refractivity contribution in [1.82, 2.24) is 10.2 Å². The molecule has 112 valence electrons. The standard InChI is InChI=1S/C14H28N2O3/c1-5-15-12(14(17)18-6-2)7-9-16(4)13-8-10-19-11(13)3/h11-13,15H,5-10H2,1-4H3. The Balaban J connectivity index is 2.39. The zero-order valence-corrected chi connectivity index (χ0v) is 12.6. The molecule has 0 bridgehead atoms. The van der Waals surface area contributed by atoms with E-state index in [1.807, 2.05) is 13.8 Å². The third-order valence-electron chi connectivity index (χ3n) is 3.69. The van der Waals surface area contributed by atoms with Crippen LogP contribution in [-0.4, -0.2) is 62.4 Å². The first-order chi connectivity index (χ1) is 9.10. The van der Waals surface area contributed by atoms with Gasteiger partial charge in [-0.1, -0.05) is 6.92 Å². The van der Waals surface area contributed by atoms with Crippen molar-refractivity contribution in [3.05, 3.63) is 0 Å². The third-order valence-corrected chi connectivity index (χ3v) is 3.69. The van der Waals surface area contributed by atoms with Crippen molar-refractivity contribution in [2.75, 3.05) is 33.4 Å². The number of carbonyl (C=O) groups excluding carboxylic acids is 1. The van der Waals surface area contributed by atoms with Gasteiger partial charge in [0.2, 0.25) is 0 Å². The maximum atomic E-state index is 11.8. The second-order valence-corrected chi connectivity index (χ2v) is 5.06. The first-order valence-corrected chi connectivity index (χ1v) is 7.32. The molecule has 0 spiro atoms. The molecule has 5 nitrogen and oxygen atoms in total. The largest absolute Gasteiger partial charge is 0.465 e. The van der Waals surface area contributed by atoms with E-state index in [1.165, 1.54) is 0 Å². The van der Waals surface area contributed by atoms with E-state index in [0.717, 1.165) is 32.5 Å². The second kappa shape index (κ2) is 8.51. The lowest BCUT2D eigenvalue weighted by Gasteiger charge is -2.28. The summed E-state index contributed by atoms with van der Waals surface area (Å²) in [5.41, 5.74) is 0. The Morgan fingerprint density at radius 1 is 1.53 bits per heavy atom. The molecule has 0 aromatic heterocycles. The van der Waals surface area contributed by atoms with E-state index in [9.17, 15) is 4.79 Å². The average molecular weight is 272 g/mol. The number of carbonyl (C=O) groups is 1. The molecule has 0 radical (unpaired) electrons. The molecule has 1 aliphatic heterocycles. The number of esters is 1. The Hall–Kier alpha value is -0.650. The van der Waals surface area contributed by atoms with Gasteiger partial charge >= 0.3 is 5.97 Å². The molecule has 1 heterocycles. The van der Waals surface area contributed by atoms with Gasteiger partial charge in [0.1, 0.15) is 6.04 Å². The van der Waals surface area contributed by atoms with Gasteiger partial charge in [0.05, 0.1) is 12.7 Å². The summed E-state index contributed by atoms with van der Waals surface area (Å²) in [5.74, 6) is -0.145. The van der Waals surface area contributed by atoms with Crippen LogP contribution in [0.5, 0.6) is 0 Å². The molecule has 1 aliphatic rings. The highest BCUT2D eigenvalue weighted by Crippen LogP contribution is 2.18. The zero-order valence-electron chi connectivity index (χ0n) is 12.6. The van der Waals surface area contributed by atoms with Gasteiger partial charge in [0, 0.05) is 19.2 Å². The van der Waals surface area contributed by atoms with Crippen molar-refractivity contribution in [2.45, 2.75) is 51.8 Å². The summed E-state index contributed by atoms with van der Waals surface area (Å²) in [4.78, 5) is 14.1. The van der Waals surface area contributed by atoms with Crippen molar-refractivity contribution in [1.29, 1.82) is 0 Å². The normalized spacial score (nSPS) is 24.7. The van der Waals surface area contributed by atoms with E-state index in [-0.39, 0.29) is 18.1 Å². The van der Waals surface area contributed by atoms with Crippen LogP contribution < -0.4 is 5.32 Å². The SMILES string of the molecule is CCNC(CCN(C)C1CCOC1C)C(=O)OCC. The lowest BCUT2D eigenvalue weighted by molar-refractivity contribution is -0.145. The predicted octanol–water partition coefficient (Wildman–Crippen LogP) is 1.03. The van der Waals surface area contributed by atoms with Gasteiger partial charge in [0.15, 0.2) is 0 Å². The van der Waals surface area contributed by atoms with Crippen molar-refractivity contribution in [3.8, 4) is 0 Å². The van der Waals surface area contributed by atoms with Gasteiger partial charge in [-0.25, -0.2) is 0 Å². The lowest BCUT2D eigenvalue weighted by Crippen LogP contribution is -2.43. The van der Waals surface area contributed by atoms with Crippen LogP contribution in [0.2, 0.25) is 0 Å². The number of nitrogens with zero attached hydrogens (tertiary/aromatic N) is 1. The van der Waals surface area contributed by atoms with Crippen LogP contribution in [0.1, 0.15) is 33.6 Å². The quantitative estimate of drug-likeness (QED) is 0.669. The first-order valence-electron chi connectivity index (χ1n) is 7.32. The Morgan fingerprint density at radius 3 is 2.79 bits per heavy atom. The second-order valence-electron chi connectivity index (χ2n) is 5.06. The summed E-state index contributed by atoms with van der Waals surface area (Å²) >= 11 is 0. The average Bonchev–Trinajstić information content (AvgIpc) is 2.80. The minimum atomic E-state index is -0.204. The van der Waals surface area contributed by atoms with Crippen LogP contribution in [0.15, 0.2) is 0 Å². The first kappa shape index (κ1) is 16.4. The number of hydrogen-bond acceptors (Lipinski definition) is 5. The highest BCUT2D eigenvalue weighted by atomic mass is 16.5. The van der Waals surface area contributed by atoms with E-state index in [4.69, 9.17) is 9.47 Å². The van der Waals surface area contributed by atoms with E-state index < -0.39 is 0 Å². The molecule has 19 heavy (non-hydrogen) atoms. The fourth-order valence-electron chi connectivity index (χ4n) is 2.59. The van der Waals surface area contributed by atoms with Gasteiger partial charge in [-0.05, 0) is 40.3 Å². The Kier molecular flexibility index (Phi) is 7.34. The smallest absolute Gasteiger partial charge is 0.323 e. The third kappa shape index (κ3) is 5.09. The van der Waals surface area contributed by atoms with Crippen molar-refractivity contribution < 1.29 is 14.3 Å². The summed E-state index contributed by atoms with van der Waals surface area (Å²) in [7, 11) is 2.10. The summed E-state index contributed by atoms with van der Waals surface area (Å²) in [6, 6.07) is 0.259. The maximum absolute atomic E-state index is 11.8. The van der Waals surface area contributed by atoms with Gasteiger partial charge in [0.25, 0.3) is 0 Å². The van der Waals surface area contributed by atoms with Crippen LogP contribution in [0.25, 0.3) is 0 Å². The minimum absolute atomic E-state index is 0.145. The molecule has 3 atom stereocenters. The van der Waals surface area contributed by atoms with Gasteiger partial charge in [-0.3, -0.25) is 4.79 Å². The van der Waals surface area contributed by atoms with Gasteiger partial charge < -0.3 is 19.7 Å². The summed E-state index contributed by atoms with van der Waals surface area (Å²) in [5, 5.41) is 3.19. The molecule has 1 saturated heterocycles. The fraction of sp³-hybridized carbons (Fsp3) is 0.929.